The number of aryl methyl sites for hydroxylation is 1. The summed E-state index contributed by atoms with van der Waals surface area (Å²) in [5, 5.41) is 0. The van der Waals surface area contributed by atoms with E-state index in [4.69, 9.17) is 9.47 Å². The number of hydrogen-bond acceptors (Lipinski definition) is 2. The van der Waals surface area contributed by atoms with Crippen LogP contribution in [0.2, 0.25) is 0 Å². The lowest BCUT2D eigenvalue weighted by Gasteiger charge is -2.05. The van der Waals surface area contributed by atoms with Gasteiger partial charge in [-0.05, 0) is 30.5 Å². The molecule has 17 heavy (non-hydrogen) atoms. The molecule has 0 aromatic heterocycles. The molecule has 1 fully saturated rings. The SMILES string of the molecule is CCCCCCc1ccc(OCC2CO2)cc1. The molecule has 2 rings (SSSR count). The molecular formula is C15H22O2. The van der Waals surface area contributed by atoms with E-state index in [0.29, 0.717) is 12.7 Å². The number of hydrogen-bond donors (Lipinski definition) is 0. The molecule has 1 saturated heterocycles. The zero-order valence-corrected chi connectivity index (χ0v) is 10.7. The monoisotopic (exact) mass is 234 g/mol. The number of epoxide rings is 1. The quantitative estimate of drug-likeness (QED) is 0.506. The van der Waals surface area contributed by atoms with Crippen molar-refractivity contribution in [3.05, 3.63) is 29.8 Å². The van der Waals surface area contributed by atoms with E-state index in [1.807, 2.05) is 0 Å². The highest BCUT2D eigenvalue weighted by molar-refractivity contribution is 5.27. The van der Waals surface area contributed by atoms with Crippen LogP contribution in [0.1, 0.15) is 38.2 Å². The van der Waals surface area contributed by atoms with E-state index >= 15 is 0 Å². The Morgan fingerprint density at radius 2 is 1.94 bits per heavy atom. The molecule has 1 aliphatic rings. The number of benzene rings is 1. The van der Waals surface area contributed by atoms with Crippen molar-refractivity contribution in [3.8, 4) is 5.75 Å². The summed E-state index contributed by atoms with van der Waals surface area (Å²) in [6.45, 7) is 3.79. The van der Waals surface area contributed by atoms with E-state index in [2.05, 4.69) is 31.2 Å². The Hall–Kier alpha value is -1.02. The molecule has 1 aromatic rings. The van der Waals surface area contributed by atoms with Gasteiger partial charge in [0.2, 0.25) is 0 Å². The average molecular weight is 234 g/mol. The Bertz CT molecular complexity index is 314. The van der Waals surface area contributed by atoms with E-state index in [-0.39, 0.29) is 0 Å². The van der Waals surface area contributed by atoms with E-state index in [9.17, 15) is 0 Å². The number of ether oxygens (including phenoxy) is 2. The molecule has 0 saturated carbocycles. The van der Waals surface area contributed by atoms with Crippen molar-refractivity contribution in [2.75, 3.05) is 13.2 Å². The summed E-state index contributed by atoms with van der Waals surface area (Å²) < 4.78 is 10.7. The first kappa shape index (κ1) is 12.4. The molecule has 1 unspecified atom stereocenters. The fourth-order valence-electron chi connectivity index (χ4n) is 1.86. The average Bonchev–Trinajstić information content (AvgIpc) is 3.18. The lowest BCUT2D eigenvalue weighted by molar-refractivity contribution is 0.263. The van der Waals surface area contributed by atoms with E-state index < -0.39 is 0 Å². The number of unbranched alkanes of at least 4 members (excludes halogenated alkanes) is 3. The molecule has 1 heterocycles. The van der Waals surface area contributed by atoms with Gasteiger partial charge in [0.15, 0.2) is 0 Å². The Labute approximate surface area is 104 Å². The first-order valence-electron chi connectivity index (χ1n) is 6.72. The molecule has 2 heteroatoms. The molecular weight excluding hydrogens is 212 g/mol. The first-order valence-corrected chi connectivity index (χ1v) is 6.72. The predicted octanol–water partition coefficient (Wildman–Crippen LogP) is 3.59. The predicted molar refractivity (Wildman–Crippen MR) is 69.5 cm³/mol. The van der Waals surface area contributed by atoms with Gasteiger partial charge in [0.05, 0.1) is 6.61 Å². The van der Waals surface area contributed by atoms with Crippen LogP contribution in [0.3, 0.4) is 0 Å². The summed E-state index contributed by atoms with van der Waals surface area (Å²) in [6, 6.07) is 8.49. The minimum absolute atomic E-state index is 0.337. The largest absolute Gasteiger partial charge is 0.491 e. The molecule has 0 bridgehead atoms. The van der Waals surface area contributed by atoms with Gasteiger partial charge in [0.1, 0.15) is 18.5 Å². The third-order valence-electron chi connectivity index (χ3n) is 3.08. The van der Waals surface area contributed by atoms with E-state index in [1.54, 1.807) is 0 Å². The van der Waals surface area contributed by atoms with Crippen LogP contribution in [-0.4, -0.2) is 19.3 Å². The van der Waals surface area contributed by atoms with Gasteiger partial charge < -0.3 is 9.47 Å². The third-order valence-corrected chi connectivity index (χ3v) is 3.08. The van der Waals surface area contributed by atoms with Crippen molar-refractivity contribution in [1.29, 1.82) is 0 Å². The van der Waals surface area contributed by atoms with Gasteiger partial charge in [-0.1, -0.05) is 38.3 Å². The zero-order chi connectivity index (χ0) is 11.9. The highest BCUT2D eigenvalue weighted by atomic mass is 16.6. The van der Waals surface area contributed by atoms with Crippen LogP contribution < -0.4 is 4.74 Å². The fourth-order valence-corrected chi connectivity index (χ4v) is 1.86. The molecule has 1 aromatic carbocycles. The summed E-state index contributed by atoms with van der Waals surface area (Å²) in [7, 11) is 0. The maximum Gasteiger partial charge on any atom is 0.119 e. The van der Waals surface area contributed by atoms with Gasteiger partial charge in [-0.15, -0.1) is 0 Å². The molecule has 2 nitrogen and oxygen atoms in total. The van der Waals surface area contributed by atoms with Gasteiger partial charge in [0, 0.05) is 0 Å². The second-order valence-electron chi connectivity index (χ2n) is 4.72. The van der Waals surface area contributed by atoms with Crippen LogP contribution in [0, 0.1) is 0 Å². The lowest BCUT2D eigenvalue weighted by Crippen LogP contribution is -2.03. The van der Waals surface area contributed by atoms with Crippen LogP contribution in [0.4, 0.5) is 0 Å². The Morgan fingerprint density at radius 1 is 1.18 bits per heavy atom. The maximum atomic E-state index is 5.60. The van der Waals surface area contributed by atoms with Crippen molar-refractivity contribution in [1.82, 2.24) is 0 Å². The van der Waals surface area contributed by atoms with Crippen molar-refractivity contribution < 1.29 is 9.47 Å². The van der Waals surface area contributed by atoms with Crippen molar-refractivity contribution in [2.24, 2.45) is 0 Å². The van der Waals surface area contributed by atoms with Gasteiger partial charge in [-0.3, -0.25) is 0 Å². The summed E-state index contributed by atoms with van der Waals surface area (Å²) >= 11 is 0. The van der Waals surface area contributed by atoms with Crippen LogP contribution in [-0.2, 0) is 11.2 Å². The second-order valence-corrected chi connectivity index (χ2v) is 4.72. The Morgan fingerprint density at radius 3 is 2.59 bits per heavy atom. The van der Waals surface area contributed by atoms with E-state index in [0.717, 1.165) is 12.4 Å². The lowest BCUT2D eigenvalue weighted by atomic mass is 10.1. The Kier molecular flexibility index (Phi) is 4.87. The second kappa shape index (κ2) is 6.65. The first-order chi connectivity index (χ1) is 8.38. The number of rotatable bonds is 8. The molecule has 0 spiro atoms. The highest BCUT2D eigenvalue weighted by Gasteiger charge is 2.22. The topological polar surface area (TPSA) is 21.8 Å². The van der Waals surface area contributed by atoms with Crippen molar-refractivity contribution in [2.45, 2.75) is 45.1 Å². The molecule has 0 N–H and O–H groups in total. The van der Waals surface area contributed by atoms with Crippen LogP contribution in [0.5, 0.6) is 5.75 Å². The molecule has 94 valence electrons. The van der Waals surface area contributed by atoms with E-state index in [1.165, 1.54) is 37.7 Å². The zero-order valence-electron chi connectivity index (χ0n) is 10.7. The maximum absolute atomic E-state index is 5.60. The van der Waals surface area contributed by atoms with Crippen molar-refractivity contribution >= 4 is 0 Å². The standard InChI is InChI=1S/C15H22O2/c1-2-3-4-5-6-13-7-9-14(10-8-13)16-11-15-12-17-15/h7-10,15H,2-6,11-12H2,1H3. The fraction of sp³-hybridized carbons (Fsp3) is 0.600. The molecule has 1 aliphatic heterocycles. The van der Waals surface area contributed by atoms with Gasteiger partial charge in [-0.25, -0.2) is 0 Å². The van der Waals surface area contributed by atoms with Crippen LogP contribution in [0.15, 0.2) is 24.3 Å². The molecule has 1 atom stereocenters. The van der Waals surface area contributed by atoms with Crippen LogP contribution in [0.25, 0.3) is 0 Å². The van der Waals surface area contributed by atoms with Gasteiger partial charge in [-0.2, -0.15) is 0 Å². The minimum Gasteiger partial charge on any atom is -0.491 e. The smallest absolute Gasteiger partial charge is 0.119 e. The summed E-state index contributed by atoms with van der Waals surface area (Å²) in [6.07, 6.45) is 6.81. The summed E-state index contributed by atoms with van der Waals surface area (Å²) in [4.78, 5) is 0. The van der Waals surface area contributed by atoms with Crippen molar-refractivity contribution in [3.63, 3.8) is 0 Å². The Balaban J connectivity index is 1.68. The summed E-state index contributed by atoms with van der Waals surface area (Å²) in [5.74, 6) is 0.956. The van der Waals surface area contributed by atoms with Gasteiger partial charge in [0.25, 0.3) is 0 Å². The molecule has 0 radical (unpaired) electrons. The normalized spacial score (nSPS) is 18.1. The van der Waals surface area contributed by atoms with Crippen LogP contribution >= 0.6 is 0 Å². The highest BCUT2D eigenvalue weighted by Crippen LogP contribution is 2.17. The van der Waals surface area contributed by atoms with Gasteiger partial charge >= 0.3 is 0 Å². The summed E-state index contributed by atoms with van der Waals surface area (Å²) in [5.41, 5.74) is 1.41. The minimum atomic E-state index is 0.337. The third kappa shape index (κ3) is 4.78. The molecule has 0 aliphatic carbocycles. The molecule has 0 amide bonds.